The molecule has 2 aliphatic rings. The van der Waals surface area contributed by atoms with Crippen LogP contribution < -0.4 is 0 Å². The van der Waals surface area contributed by atoms with Gasteiger partial charge in [-0.1, -0.05) is 38.2 Å². The Morgan fingerprint density at radius 2 is 1.12 bits per heavy atom. The van der Waals surface area contributed by atoms with Gasteiger partial charge < -0.3 is 9.47 Å². The molecule has 6 heteroatoms. The van der Waals surface area contributed by atoms with Crippen molar-refractivity contribution in [1.82, 2.24) is 0 Å². The Morgan fingerprint density at radius 3 is 1.44 bits per heavy atom. The van der Waals surface area contributed by atoms with Crippen LogP contribution in [-0.4, -0.2) is 37.7 Å². The average molecular weight is 449 g/mol. The summed E-state index contributed by atoms with van der Waals surface area (Å²) < 4.78 is 9.31. The summed E-state index contributed by atoms with van der Waals surface area (Å²) in [5, 5.41) is 0. The van der Waals surface area contributed by atoms with E-state index in [4.69, 9.17) is 0 Å². The number of Topliss-reactive ketones (excluding diaryl/α,β-unsaturated/α-hetero) is 2. The van der Waals surface area contributed by atoms with Crippen LogP contribution in [0.2, 0.25) is 0 Å². The molecule has 0 heterocycles. The topological polar surface area (TPSA) is 86.7 Å². The van der Waals surface area contributed by atoms with E-state index in [-0.39, 0.29) is 35.6 Å². The molecule has 0 radical (unpaired) electrons. The first-order valence-electron chi connectivity index (χ1n) is 11.9. The largest absolute Gasteiger partial charge is 0.469 e. The lowest BCUT2D eigenvalue weighted by Gasteiger charge is -2.15. The monoisotopic (exact) mass is 448 g/mol. The van der Waals surface area contributed by atoms with E-state index in [9.17, 15) is 19.2 Å². The van der Waals surface area contributed by atoms with Crippen molar-refractivity contribution in [2.75, 3.05) is 14.2 Å². The average Bonchev–Trinajstić information content (AvgIpc) is 3.31. The fraction of sp³-hybridized carbons (Fsp3) is 0.692. The molecule has 2 rings (SSSR count). The van der Waals surface area contributed by atoms with Gasteiger partial charge in [-0.05, 0) is 50.4 Å². The Hall–Kier alpha value is -2.24. The standard InChI is InChI=1S/2C13H20O3/c2*1-3-4-5-6-11-10(7-8-12(11)14)9-13(15)16-2/h2*4-5,10-11H,3,6-9H2,1-2H3/b2*5-4+/t10-,11?;10-,11+/m00/s1. The molecule has 1 unspecified atom stereocenters. The fourth-order valence-electron chi connectivity index (χ4n) is 4.50. The van der Waals surface area contributed by atoms with Gasteiger partial charge in [0.1, 0.15) is 11.6 Å². The Morgan fingerprint density at radius 1 is 0.750 bits per heavy atom. The van der Waals surface area contributed by atoms with Crippen molar-refractivity contribution in [1.29, 1.82) is 0 Å². The molecule has 0 aromatic heterocycles. The number of hydrogen-bond acceptors (Lipinski definition) is 6. The highest BCUT2D eigenvalue weighted by Gasteiger charge is 2.35. The maximum absolute atomic E-state index is 11.7. The van der Waals surface area contributed by atoms with E-state index in [0.717, 1.165) is 38.5 Å². The van der Waals surface area contributed by atoms with Crippen molar-refractivity contribution >= 4 is 23.5 Å². The second-order valence-corrected chi connectivity index (χ2v) is 8.53. The molecule has 0 aromatic rings. The summed E-state index contributed by atoms with van der Waals surface area (Å²) in [4.78, 5) is 45.7. The lowest BCUT2D eigenvalue weighted by Crippen LogP contribution is -2.18. The highest BCUT2D eigenvalue weighted by molar-refractivity contribution is 5.85. The number of carbonyl (C=O) groups excluding carboxylic acids is 4. The van der Waals surface area contributed by atoms with Crippen molar-refractivity contribution in [2.45, 2.75) is 78.1 Å². The number of carbonyl (C=O) groups is 4. The van der Waals surface area contributed by atoms with Crippen LogP contribution >= 0.6 is 0 Å². The van der Waals surface area contributed by atoms with Crippen LogP contribution in [0.5, 0.6) is 0 Å². The number of allylic oxidation sites excluding steroid dienone is 4. The molecule has 32 heavy (non-hydrogen) atoms. The van der Waals surface area contributed by atoms with Gasteiger partial charge in [0.25, 0.3) is 0 Å². The van der Waals surface area contributed by atoms with Crippen LogP contribution in [0.25, 0.3) is 0 Å². The van der Waals surface area contributed by atoms with Crippen molar-refractivity contribution in [2.24, 2.45) is 23.7 Å². The van der Waals surface area contributed by atoms with Gasteiger partial charge in [0.2, 0.25) is 0 Å². The van der Waals surface area contributed by atoms with Gasteiger partial charge in [-0.2, -0.15) is 0 Å². The SMILES string of the molecule is CC/C=C/CC1C(=O)CC[C@H]1CC(=O)OC.CC/C=C/C[C@H]1C(=O)CC[C@H]1CC(=O)OC. The van der Waals surface area contributed by atoms with E-state index in [2.05, 4.69) is 47.6 Å². The fourth-order valence-corrected chi connectivity index (χ4v) is 4.50. The molecule has 2 saturated carbocycles. The first kappa shape index (κ1) is 27.8. The predicted molar refractivity (Wildman–Crippen MR) is 124 cm³/mol. The predicted octanol–water partition coefficient (Wildman–Crippen LogP) is 5.00. The van der Waals surface area contributed by atoms with Gasteiger partial charge in [0.05, 0.1) is 14.2 Å². The molecule has 0 amide bonds. The van der Waals surface area contributed by atoms with Gasteiger partial charge in [-0.3, -0.25) is 19.2 Å². The molecule has 4 atom stereocenters. The third-order valence-corrected chi connectivity index (χ3v) is 6.39. The number of esters is 2. The third kappa shape index (κ3) is 9.49. The van der Waals surface area contributed by atoms with Crippen molar-refractivity contribution in [3.63, 3.8) is 0 Å². The summed E-state index contributed by atoms with van der Waals surface area (Å²) in [5.41, 5.74) is 0. The van der Waals surface area contributed by atoms with Gasteiger partial charge in [-0.25, -0.2) is 0 Å². The Labute approximate surface area is 192 Å². The Kier molecular flexibility index (Phi) is 13.5. The Balaban J connectivity index is 0.000000320. The van der Waals surface area contributed by atoms with Crippen LogP contribution in [-0.2, 0) is 28.7 Å². The molecule has 0 spiro atoms. The quantitative estimate of drug-likeness (QED) is 0.345. The minimum atomic E-state index is -0.204. The molecule has 2 aliphatic carbocycles. The first-order valence-corrected chi connectivity index (χ1v) is 11.9. The minimum Gasteiger partial charge on any atom is -0.469 e. The summed E-state index contributed by atoms with van der Waals surface area (Å²) in [6.45, 7) is 4.14. The van der Waals surface area contributed by atoms with E-state index >= 15 is 0 Å². The Bertz CT molecular complexity index is 620. The maximum Gasteiger partial charge on any atom is 0.305 e. The van der Waals surface area contributed by atoms with Crippen LogP contribution in [0, 0.1) is 23.7 Å². The second kappa shape index (κ2) is 15.5. The number of ketones is 2. The van der Waals surface area contributed by atoms with E-state index in [0.29, 0.717) is 37.2 Å². The molecule has 180 valence electrons. The molecule has 0 aliphatic heterocycles. The first-order chi connectivity index (χ1) is 15.4. The zero-order valence-electron chi connectivity index (χ0n) is 20.1. The molecule has 0 bridgehead atoms. The zero-order chi connectivity index (χ0) is 23.9. The summed E-state index contributed by atoms with van der Waals surface area (Å²) in [6, 6.07) is 0. The summed E-state index contributed by atoms with van der Waals surface area (Å²) in [7, 11) is 2.79. The van der Waals surface area contributed by atoms with Crippen molar-refractivity contribution in [3.05, 3.63) is 24.3 Å². The molecule has 0 saturated heterocycles. The summed E-state index contributed by atoms with van der Waals surface area (Å²) >= 11 is 0. The maximum atomic E-state index is 11.7. The van der Waals surface area contributed by atoms with Crippen LogP contribution in [0.15, 0.2) is 24.3 Å². The van der Waals surface area contributed by atoms with Gasteiger partial charge in [-0.15, -0.1) is 0 Å². The number of ether oxygens (including phenoxy) is 2. The van der Waals surface area contributed by atoms with E-state index in [1.807, 2.05) is 0 Å². The van der Waals surface area contributed by atoms with Crippen molar-refractivity contribution < 1.29 is 28.7 Å². The van der Waals surface area contributed by atoms with E-state index < -0.39 is 0 Å². The van der Waals surface area contributed by atoms with Gasteiger partial charge in [0, 0.05) is 37.5 Å². The molecular weight excluding hydrogens is 408 g/mol. The lowest BCUT2D eigenvalue weighted by molar-refractivity contribution is -0.143. The highest BCUT2D eigenvalue weighted by atomic mass is 16.5. The van der Waals surface area contributed by atoms with Gasteiger partial charge >= 0.3 is 11.9 Å². The molecular formula is C26H40O6. The van der Waals surface area contributed by atoms with Crippen LogP contribution in [0.3, 0.4) is 0 Å². The highest BCUT2D eigenvalue weighted by Crippen LogP contribution is 2.35. The molecule has 6 nitrogen and oxygen atoms in total. The smallest absolute Gasteiger partial charge is 0.305 e. The number of rotatable bonds is 10. The number of hydrogen-bond donors (Lipinski definition) is 0. The van der Waals surface area contributed by atoms with E-state index in [1.54, 1.807) is 0 Å². The van der Waals surface area contributed by atoms with Crippen LogP contribution in [0.1, 0.15) is 78.1 Å². The van der Waals surface area contributed by atoms with Crippen molar-refractivity contribution in [3.8, 4) is 0 Å². The zero-order valence-corrected chi connectivity index (χ0v) is 20.1. The van der Waals surface area contributed by atoms with Gasteiger partial charge in [0.15, 0.2) is 0 Å². The third-order valence-electron chi connectivity index (χ3n) is 6.39. The minimum absolute atomic E-state index is 0.0295. The molecule has 0 aromatic carbocycles. The molecule has 2 fully saturated rings. The summed E-state index contributed by atoms with van der Waals surface area (Å²) in [5.74, 6) is 0.615. The second-order valence-electron chi connectivity index (χ2n) is 8.53. The van der Waals surface area contributed by atoms with Crippen LogP contribution in [0.4, 0.5) is 0 Å². The lowest BCUT2D eigenvalue weighted by atomic mass is 9.89. The normalized spacial score (nSPS) is 25.2. The number of methoxy groups -OCH3 is 2. The molecule has 0 N–H and O–H groups in total. The van der Waals surface area contributed by atoms with E-state index in [1.165, 1.54) is 14.2 Å². The summed E-state index contributed by atoms with van der Waals surface area (Å²) in [6.07, 6.45) is 15.4.